The molecule has 12 heavy (non-hydrogen) atoms. The minimum atomic E-state index is 0.994. The molecule has 0 aromatic heterocycles. The molecule has 0 bridgehead atoms. The second-order valence-corrected chi connectivity index (χ2v) is 2.86. The predicted molar refractivity (Wildman–Crippen MR) is 53.5 cm³/mol. The first-order valence-corrected chi connectivity index (χ1v) is 4.14. The van der Waals surface area contributed by atoms with Crippen LogP contribution in [0.5, 0.6) is 0 Å². The second-order valence-electron chi connectivity index (χ2n) is 2.86. The van der Waals surface area contributed by atoms with Crippen molar-refractivity contribution in [3.8, 4) is 0 Å². The number of anilines is 2. The molecule has 1 heterocycles. The fourth-order valence-corrected chi connectivity index (χ4v) is 1.38. The molecule has 2 heteroatoms. The van der Waals surface area contributed by atoms with E-state index in [0.29, 0.717) is 0 Å². The molecule has 0 fully saturated rings. The lowest BCUT2D eigenvalue weighted by Gasteiger charge is -2.19. The van der Waals surface area contributed by atoms with Crippen molar-refractivity contribution in [2.75, 3.05) is 23.7 Å². The van der Waals surface area contributed by atoms with Crippen LogP contribution in [0.2, 0.25) is 0 Å². The van der Waals surface area contributed by atoms with Gasteiger partial charge in [-0.05, 0) is 17.7 Å². The van der Waals surface area contributed by atoms with Crippen LogP contribution >= 0.6 is 0 Å². The molecule has 2 nitrogen and oxygen atoms in total. The van der Waals surface area contributed by atoms with E-state index in [9.17, 15) is 0 Å². The summed E-state index contributed by atoms with van der Waals surface area (Å²) in [5.74, 6) is 0. The lowest BCUT2D eigenvalue weighted by atomic mass is 10.1. The minimum Gasteiger partial charge on any atom is -0.382 e. The molecule has 0 saturated heterocycles. The van der Waals surface area contributed by atoms with Gasteiger partial charge in [0, 0.05) is 13.1 Å². The first kappa shape index (κ1) is 7.22. The number of hydrogen-bond acceptors (Lipinski definition) is 2. The molecule has 0 aliphatic carbocycles. The lowest BCUT2D eigenvalue weighted by Crippen LogP contribution is -2.20. The van der Waals surface area contributed by atoms with E-state index in [1.54, 1.807) is 0 Å². The topological polar surface area (TPSA) is 24.1 Å². The maximum Gasteiger partial charge on any atom is 0.0582 e. The van der Waals surface area contributed by atoms with Gasteiger partial charge in [0.15, 0.2) is 0 Å². The van der Waals surface area contributed by atoms with E-state index >= 15 is 0 Å². The standard InChI is InChI=1S/C10H12N2/c1-2-8-3-4-9-10(7-8)12-6-5-11-9/h2-4,7,11-12H,1,5-6H2. The van der Waals surface area contributed by atoms with Gasteiger partial charge in [-0.2, -0.15) is 0 Å². The fraction of sp³-hybridized carbons (Fsp3) is 0.200. The number of rotatable bonds is 1. The van der Waals surface area contributed by atoms with E-state index < -0.39 is 0 Å². The molecule has 0 unspecified atom stereocenters. The predicted octanol–water partition coefficient (Wildman–Crippen LogP) is 2.17. The van der Waals surface area contributed by atoms with E-state index in [-0.39, 0.29) is 0 Å². The normalized spacial score (nSPS) is 14.0. The average Bonchev–Trinajstić information content (AvgIpc) is 2.17. The maximum atomic E-state index is 3.73. The van der Waals surface area contributed by atoms with Gasteiger partial charge in [-0.15, -0.1) is 0 Å². The zero-order chi connectivity index (χ0) is 8.39. The van der Waals surface area contributed by atoms with Crippen LogP contribution in [0.4, 0.5) is 11.4 Å². The number of nitrogens with one attached hydrogen (secondary N) is 2. The van der Waals surface area contributed by atoms with Crippen LogP contribution < -0.4 is 10.6 Å². The van der Waals surface area contributed by atoms with Crippen LogP contribution in [0.3, 0.4) is 0 Å². The summed E-state index contributed by atoms with van der Waals surface area (Å²) in [5.41, 5.74) is 3.52. The Kier molecular flexibility index (Phi) is 1.74. The summed E-state index contributed by atoms with van der Waals surface area (Å²) in [6.45, 7) is 5.73. The van der Waals surface area contributed by atoms with Gasteiger partial charge in [0.2, 0.25) is 0 Å². The van der Waals surface area contributed by atoms with E-state index in [4.69, 9.17) is 0 Å². The van der Waals surface area contributed by atoms with Crippen molar-refractivity contribution in [2.24, 2.45) is 0 Å². The molecule has 1 aliphatic rings. The van der Waals surface area contributed by atoms with Crippen molar-refractivity contribution in [2.45, 2.75) is 0 Å². The molecule has 0 atom stereocenters. The SMILES string of the molecule is C=Cc1ccc2c(c1)NCCN2. The molecule has 2 N–H and O–H groups in total. The number of hydrogen-bond donors (Lipinski definition) is 2. The van der Waals surface area contributed by atoms with Crippen molar-refractivity contribution in [3.05, 3.63) is 30.3 Å². The van der Waals surface area contributed by atoms with Crippen molar-refractivity contribution in [1.29, 1.82) is 0 Å². The van der Waals surface area contributed by atoms with Gasteiger partial charge in [0.25, 0.3) is 0 Å². The molecule has 0 radical (unpaired) electrons. The Hall–Kier alpha value is -1.44. The third kappa shape index (κ3) is 1.16. The first-order valence-electron chi connectivity index (χ1n) is 4.14. The maximum absolute atomic E-state index is 3.73. The molecule has 1 aromatic rings. The largest absolute Gasteiger partial charge is 0.382 e. The van der Waals surface area contributed by atoms with Crippen molar-refractivity contribution >= 4 is 17.5 Å². The Morgan fingerprint density at radius 1 is 1.17 bits per heavy atom. The smallest absolute Gasteiger partial charge is 0.0582 e. The van der Waals surface area contributed by atoms with Crippen LogP contribution in [0.25, 0.3) is 6.08 Å². The molecule has 62 valence electrons. The molecule has 1 aromatic carbocycles. The molecular formula is C10H12N2. The van der Waals surface area contributed by atoms with E-state index in [1.807, 2.05) is 6.08 Å². The third-order valence-electron chi connectivity index (χ3n) is 2.04. The monoisotopic (exact) mass is 160 g/mol. The molecular weight excluding hydrogens is 148 g/mol. The van der Waals surface area contributed by atoms with Crippen molar-refractivity contribution in [1.82, 2.24) is 0 Å². The summed E-state index contributed by atoms with van der Waals surface area (Å²) in [7, 11) is 0. The first-order chi connectivity index (χ1) is 5.90. The van der Waals surface area contributed by atoms with Gasteiger partial charge < -0.3 is 10.6 Å². The summed E-state index contributed by atoms with van der Waals surface area (Å²) in [4.78, 5) is 0. The average molecular weight is 160 g/mol. The summed E-state index contributed by atoms with van der Waals surface area (Å²) in [6.07, 6.45) is 1.86. The molecule has 0 spiro atoms. The Bertz CT molecular complexity index is 305. The van der Waals surface area contributed by atoms with Gasteiger partial charge in [-0.25, -0.2) is 0 Å². The van der Waals surface area contributed by atoms with Gasteiger partial charge >= 0.3 is 0 Å². The van der Waals surface area contributed by atoms with Gasteiger partial charge in [0.05, 0.1) is 11.4 Å². The Morgan fingerprint density at radius 3 is 2.67 bits per heavy atom. The van der Waals surface area contributed by atoms with Crippen LogP contribution in [-0.4, -0.2) is 13.1 Å². The van der Waals surface area contributed by atoms with Crippen LogP contribution in [0.1, 0.15) is 5.56 Å². The summed E-state index contributed by atoms with van der Waals surface area (Å²) in [5, 5.41) is 6.64. The zero-order valence-corrected chi connectivity index (χ0v) is 6.93. The highest BCUT2D eigenvalue weighted by Crippen LogP contribution is 2.25. The zero-order valence-electron chi connectivity index (χ0n) is 6.93. The highest BCUT2D eigenvalue weighted by Gasteiger charge is 2.05. The Morgan fingerprint density at radius 2 is 1.92 bits per heavy atom. The third-order valence-corrected chi connectivity index (χ3v) is 2.04. The van der Waals surface area contributed by atoms with E-state index in [1.165, 1.54) is 11.4 Å². The number of fused-ring (bicyclic) bond motifs is 1. The van der Waals surface area contributed by atoms with Crippen LogP contribution in [0, 0.1) is 0 Å². The van der Waals surface area contributed by atoms with Gasteiger partial charge in [0.1, 0.15) is 0 Å². The summed E-state index contributed by atoms with van der Waals surface area (Å²) < 4.78 is 0. The fourth-order valence-electron chi connectivity index (χ4n) is 1.38. The van der Waals surface area contributed by atoms with Crippen molar-refractivity contribution in [3.63, 3.8) is 0 Å². The molecule has 2 rings (SSSR count). The molecule has 0 amide bonds. The van der Waals surface area contributed by atoms with Crippen LogP contribution in [-0.2, 0) is 0 Å². The van der Waals surface area contributed by atoms with Gasteiger partial charge in [-0.3, -0.25) is 0 Å². The highest BCUT2D eigenvalue weighted by molar-refractivity contribution is 5.73. The minimum absolute atomic E-state index is 0.994. The second kappa shape index (κ2) is 2.89. The quantitative estimate of drug-likeness (QED) is 0.658. The molecule has 0 saturated carbocycles. The van der Waals surface area contributed by atoms with Gasteiger partial charge in [-0.1, -0.05) is 18.7 Å². The number of benzene rings is 1. The summed E-state index contributed by atoms with van der Waals surface area (Å²) in [6, 6.07) is 6.25. The Labute approximate surface area is 72.3 Å². The molecule has 1 aliphatic heterocycles. The van der Waals surface area contributed by atoms with Crippen LogP contribution in [0.15, 0.2) is 24.8 Å². The lowest BCUT2D eigenvalue weighted by molar-refractivity contribution is 1.05. The van der Waals surface area contributed by atoms with E-state index in [2.05, 4.69) is 35.4 Å². The van der Waals surface area contributed by atoms with E-state index in [0.717, 1.165) is 18.7 Å². The summed E-state index contributed by atoms with van der Waals surface area (Å²) >= 11 is 0. The Balaban J connectivity index is 2.42. The van der Waals surface area contributed by atoms with Crippen molar-refractivity contribution < 1.29 is 0 Å². The highest BCUT2D eigenvalue weighted by atomic mass is 15.0.